The van der Waals surface area contributed by atoms with Crippen LogP contribution in [0.3, 0.4) is 0 Å². The Kier molecular flexibility index (Phi) is 6.51. The fourth-order valence-electron chi connectivity index (χ4n) is 1.09. The highest BCUT2D eigenvalue weighted by atomic mass is 32.2. The number of nitrogens with zero attached hydrogens (tertiary/aromatic N) is 1. The van der Waals surface area contributed by atoms with E-state index in [0.717, 1.165) is 12.8 Å². The highest BCUT2D eigenvalue weighted by Crippen LogP contribution is 1.97. The van der Waals surface area contributed by atoms with E-state index in [1.165, 1.54) is 4.90 Å². The van der Waals surface area contributed by atoms with Crippen molar-refractivity contribution in [1.82, 2.24) is 4.90 Å². The molecule has 5 nitrogen and oxygen atoms in total. The summed E-state index contributed by atoms with van der Waals surface area (Å²) in [6, 6.07) is 0. The number of carbonyl (C=O) groups is 1. The van der Waals surface area contributed by atoms with Gasteiger partial charge in [0.25, 0.3) is 0 Å². The van der Waals surface area contributed by atoms with Crippen molar-refractivity contribution in [1.29, 1.82) is 0 Å². The second kappa shape index (κ2) is 6.80. The summed E-state index contributed by atoms with van der Waals surface area (Å²) in [5.41, 5.74) is 5.14. The van der Waals surface area contributed by atoms with Crippen LogP contribution in [-0.2, 0) is 14.6 Å². The van der Waals surface area contributed by atoms with Gasteiger partial charge in [0.1, 0.15) is 11.5 Å². The van der Waals surface area contributed by atoms with E-state index in [9.17, 15) is 13.2 Å². The van der Waals surface area contributed by atoms with Crippen molar-refractivity contribution >= 4 is 33.0 Å². The first-order valence-electron chi connectivity index (χ1n) is 5.01. The van der Waals surface area contributed by atoms with Crippen LogP contribution in [0.2, 0.25) is 0 Å². The lowest BCUT2D eigenvalue weighted by molar-refractivity contribution is -0.127. The molecular formula is C9H18N2O3S2. The van der Waals surface area contributed by atoms with Gasteiger partial charge in [0.15, 0.2) is 9.84 Å². The van der Waals surface area contributed by atoms with E-state index in [0.29, 0.717) is 6.54 Å². The van der Waals surface area contributed by atoms with Crippen LogP contribution in [0.15, 0.2) is 0 Å². The largest absolute Gasteiger partial charge is 0.392 e. The van der Waals surface area contributed by atoms with Gasteiger partial charge in [-0.25, -0.2) is 8.42 Å². The fraction of sp³-hybridized carbons (Fsp3) is 0.778. The summed E-state index contributed by atoms with van der Waals surface area (Å²) in [5.74, 6) is -1.34. The van der Waals surface area contributed by atoms with Crippen LogP contribution in [0.5, 0.6) is 0 Å². The van der Waals surface area contributed by atoms with Gasteiger partial charge in [0, 0.05) is 13.6 Å². The highest BCUT2D eigenvalue weighted by Gasteiger charge is 2.20. The zero-order chi connectivity index (χ0) is 12.8. The Morgan fingerprint density at radius 2 is 1.94 bits per heavy atom. The molecule has 0 aromatic carbocycles. The van der Waals surface area contributed by atoms with E-state index in [1.54, 1.807) is 7.05 Å². The molecule has 1 amide bonds. The zero-order valence-electron chi connectivity index (χ0n) is 9.60. The third-order valence-corrected chi connectivity index (χ3v) is 3.74. The molecule has 0 saturated carbocycles. The normalized spacial score (nSPS) is 11.1. The molecule has 0 unspecified atom stereocenters. The van der Waals surface area contributed by atoms with Crippen LogP contribution in [0.4, 0.5) is 0 Å². The van der Waals surface area contributed by atoms with Gasteiger partial charge in [-0.2, -0.15) is 0 Å². The van der Waals surface area contributed by atoms with Gasteiger partial charge in [-0.05, 0) is 6.42 Å². The molecule has 0 radical (unpaired) electrons. The third-order valence-electron chi connectivity index (χ3n) is 1.98. The minimum Gasteiger partial charge on any atom is -0.392 e. The average Bonchev–Trinajstić information content (AvgIpc) is 2.10. The molecule has 0 heterocycles. The maximum atomic E-state index is 11.5. The van der Waals surface area contributed by atoms with Crippen molar-refractivity contribution in [2.45, 2.75) is 19.8 Å². The first kappa shape index (κ1) is 15.3. The Balaban J connectivity index is 4.27. The molecule has 0 rings (SSSR count). The first-order chi connectivity index (χ1) is 7.28. The zero-order valence-corrected chi connectivity index (χ0v) is 11.2. The van der Waals surface area contributed by atoms with Crippen molar-refractivity contribution in [3.63, 3.8) is 0 Å². The lowest BCUT2D eigenvalue weighted by Gasteiger charge is -2.16. The Hall–Kier alpha value is -0.690. The van der Waals surface area contributed by atoms with Crippen molar-refractivity contribution < 1.29 is 13.2 Å². The van der Waals surface area contributed by atoms with Crippen LogP contribution < -0.4 is 5.73 Å². The summed E-state index contributed by atoms with van der Waals surface area (Å²) in [6.07, 6.45) is 1.81. The number of hydrogen-bond acceptors (Lipinski definition) is 4. The van der Waals surface area contributed by atoms with E-state index in [-0.39, 0.29) is 4.99 Å². The van der Waals surface area contributed by atoms with Crippen LogP contribution in [-0.4, -0.2) is 49.3 Å². The lowest BCUT2D eigenvalue weighted by Crippen LogP contribution is -2.35. The quantitative estimate of drug-likeness (QED) is 0.653. The number of carbonyl (C=O) groups excluding carboxylic acids is 1. The van der Waals surface area contributed by atoms with Gasteiger partial charge in [-0.1, -0.05) is 25.6 Å². The molecule has 0 saturated heterocycles. The SMILES string of the molecule is CCCCN(C)C(=O)CS(=O)(=O)CC(N)=S. The number of thiocarbonyl (C=S) groups is 1. The maximum Gasteiger partial charge on any atom is 0.237 e. The fourth-order valence-corrected chi connectivity index (χ4v) is 2.76. The van der Waals surface area contributed by atoms with E-state index >= 15 is 0 Å². The molecule has 0 spiro atoms. The molecule has 0 fully saturated rings. The summed E-state index contributed by atoms with van der Waals surface area (Å²) in [7, 11) is -1.92. The molecule has 0 aliphatic carbocycles. The number of unbranched alkanes of at least 4 members (excludes halogenated alkanes) is 1. The van der Waals surface area contributed by atoms with Crippen molar-refractivity contribution in [3.05, 3.63) is 0 Å². The topological polar surface area (TPSA) is 80.5 Å². The van der Waals surface area contributed by atoms with Crippen LogP contribution in [0.25, 0.3) is 0 Å². The van der Waals surface area contributed by atoms with Crippen LogP contribution in [0, 0.1) is 0 Å². The monoisotopic (exact) mass is 266 g/mol. The van der Waals surface area contributed by atoms with Gasteiger partial charge >= 0.3 is 0 Å². The summed E-state index contributed by atoms with van der Waals surface area (Å²) in [4.78, 5) is 12.8. The second-order valence-corrected chi connectivity index (χ2v) is 6.26. The van der Waals surface area contributed by atoms with Crippen molar-refractivity contribution in [2.24, 2.45) is 5.73 Å². The molecule has 16 heavy (non-hydrogen) atoms. The van der Waals surface area contributed by atoms with E-state index in [1.807, 2.05) is 6.92 Å². The van der Waals surface area contributed by atoms with Gasteiger partial charge in [-0.3, -0.25) is 4.79 Å². The smallest absolute Gasteiger partial charge is 0.237 e. The van der Waals surface area contributed by atoms with Gasteiger partial charge in [0.2, 0.25) is 5.91 Å². The Morgan fingerprint density at radius 1 is 1.38 bits per heavy atom. The maximum absolute atomic E-state index is 11.5. The standard InChI is InChI=1S/C9H18N2O3S2/c1-3-4-5-11(2)9(12)7-16(13,14)6-8(10)15/h3-7H2,1-2H3,(H2,10,15). The molecule has 0 aliphatic rings. The minimum absolute atomic E-state index is 0.107. The van der Waals surface area contributed by atoms with E-state index in [4.69, 9.17) is 5.73 Å². The molecular weight excluding hydrogens is 248 g/mol. The third kappa shape index (κ3) is 6.73. The van der Waals surface area contributed by atoms with Crippen molar-refractivity contribution in [2.75, 3.05) is 25.1 Å². The Bertz CT molecular complexity index is 352. The molecule has 0 aromatic heterocycles. The minimum atomic E-state index is -3.51. The molecule has 2 N–H and O–H groups in total. The average molecular weight is 266 g/mol. The first-order valence-corrected chi connectivity index (χ1v) is 7.24. The van der Waals surface area contributed by atoms with Crippen LogP contribution >= 0.6 is 12.2 Å². The number of hydrogen-bond donors (Lipinski definition) is 1. The molecule has 0 aromatic rings. The number of amides is 1. The highest BCUT2D eigenvalue weighted by molar-refractivity contribution is 7.94. The van der Waals surface area contributed by atoms with E-state index < -0.39 is 27.3 Å². The summed E-state index contributed by atoms with van der Waals surface area (Å²) in [6.45, 7) is 2.57. The molecule has 7 heteroatoms. The van der Waals surface area contributed by atoms with Gasteiger partial charge < -0.3 is 10.6 Å². The van der Waals surface area contributed by atoms with Crippen molar-refractivity contribution in [3.8, 4) is 0 Å². The molecule has 94 valence electrons. The second-order valence-electron chi connectivity index (χ2n) is 3.67. The molecule has 0 bridgehead atoms. The number of sulfone groups is 1. The van der Waals surface area contributed by atoms with Crippen LogP contribution in [0.1, 0.15) is 19.8 Å². The number of nitrogens with two attached hydrogens (primary N) is 1. The predicted molar refractivity (Wildman–Crippen MR) is 68.0 cm³/mol. The summed E-state index contributed by atoms with van der Waals surface area (Å²) >= 11 is 4.51. The molecule has 0 aliphatic heterocycles. The summed E-state index contributed by atoms with van der Waals surface area (Å²) < 4.78 is 22.8. The Morgan fingerprint density at radius 3 is 2.38 bits per heavy atom. The van der Waals surface area contributed by atoms with Gasteiger partial charge in [-0.15, -0.1) is 0 Å². The Labute approximate surface area is 102 Å². The lowest BCUT2D eigenvalue weighted by atomic mass is 10.3. The number of rotatable bonds is 7. The van der Waals surface area contributed by atoms with Gasteiger partial charge in [0.05, 0.1) is 4.99 Å². The predicted octanol–water partition coefficient (Wildman–Crippen LogP) is -0.0542. The van der Waals surface area contributed by atoms with E-state index in [2.05, 4.69) is 12.2 Å². The summed E-state index contributed by atoms with van der Waals surface area (Å²) in [5, 5.41) is 0. The molecule has 0 atom stereocenters.